The number of nitrogens with zero attached hydrogens (tertiary/aromatic N) is 6. The number of hydrogen-bond donors (Lipinski definition) is 1. The maximum atomic E-state index is 12.8. The van der Waals surface area contributed by atoms with Crippen molar-refractivity contribution >= 4 is 46.6 Å². The van der Waals surface area contributed by atoms with Gasteiger partial charge in [-0.05, 0) is 23.9 Å². The van der Waals surface area contributed by atoms with Gasteiger partial charge < -0.3 is 14.9 Å². The van der Waals surface area contributed by atoms with E-state index in [1.54, 1.807) is 34.1 Å². The largest absolute Gasteiger partial charge is 0.446 e. The number of aliphatic hydroxyl groups excluding tert-OH is 1. The van der Waals surface area contributed by atoms with Crippen LogP contribution >= 0.6 is 35.0 Å². The molecule has 0 aliphatic carbocycles. The number of carbonyl (C=O) groups excluding carboxylic acids is 1. The van der Waals surface area contributed by atoms with Gasteiger partial charge in [-0.2, -0.15) is 18.3 Å². The molecule has 41 heavy (non-hydrogen) atoms. The molecule has 14 heteroatoms. The normalized spacial score (nSPS) is 17.0. The van der Waals surface area contributed by atoms with Gasteiger partial charge in [-0.25, -0.2) is 0 Å². The first-order chi connectivity index (χ1) is 19.5. The Hall–Kier alpha value is -2.51. The maximum Gasteiger partial charge on any atom is 0.446 e. The number of alkyl halides is 3. The molecule has 0 bridgehead atoms. The molecule has 1 aromatic carbocycles. The van der Waals surface area contributed by atoms with Gasteiger partial charge in [0.2, 0.25) is 5.91 Å². The summed E-state index contributed by atoms with van der Waals surface area (Å²) in [7, 11) is 0. The minimum atomic E-state index is -4.37. The predicted octanol–water partition coefficient (Wildman–Crippen LogP) is 4.95. The highest BCUT2D eigenvalue weighted by molar-refractivity contribution is 8.00. The highest BCUT2D eigenvalue weighted by atomic mass is 35.5. The number of pyridine rings is 1. The van der Waals surface area contributed by atoms with E-state index in [0.29, 0.717) is 73.5 Å². The lowest BCUT2D eigenvalue weighted by molar-refractivity contribution is -0.129. The average Bonchev–Trinajstić information content (AvgIpc) is 3.26. The van der Waals surface area contributed by atoms with Gasteiger partial charge >= 0.3 is 5.51 Å². The Morgan fingerprint density at radius 1 is 1.05 bits per heavy atom. The number of thioether (sulfide) groups is 1. The van der Waals surface area contributed by atoms with E-state index in [2.05, 4.69) is 14.8 Å². The number of halogens is 5. The van der Waals surface area contributed by atoms with Crippen molar-refractivity contribution < 1.29 is 23.1 Å². The van der Waals surface area contributed by atoms with Crippen LogP contribution in [0.25, 0.3) is 11.3 Å². The van der Waals surface area contributed by atoms with Crippen LogP contribution in [-0.2, 0) is 24.3 Å². The second kappa shape index (κ2) is 12.4. The SMILES string of the molecule is CC(=O)N1CCc2c(c(-c3ccc(SC(F)(F)F)cc3)nn2CC(O)CN2CCN(c3c(Cl)cncc3Cl)CC2)C1. The Balaban J connectivity index is 1.29. The Morgan fingerprint density at radius 3 is 2.32 bits per heavy atom. The second-order valence-electron chi connectivity index (χ2n) is 10.1. The number of hydrogen-bond acceptors (Lipinski definition) is 7. The first kappa shape index (κ1) is 30.0. The Labute approximate surface area is 250 Å². The van der Waals surface area contributed by atoms with Crippen molar-refractivity contribution in [2.75, 3.05) is 44.2 Å². The molecule has 1 fully saturated rings. The van der Waals surface area contributed by atoms with E-state index >= 15 is 0 Å². The topological polar surface area (TPSA) is 77.7 Å². The standard InChI is InChI=1S/C27H29Cl2F3N6O2S/c1-17(39)37-7-6-24-21(16-37)25(18-2-4-20(5-3-18)41-27(30,31)32)34-38(24)15-19(40)14-35-8-10-36(11-9-35)26-22(28)12-33-13-23(26)29/h2-5,12-13,19,40H,6-11,14-16H2,1H3. The fourth-order valence-corrected chi connectivity index (χ4v) is 6.52. The number of amides is 1. The van der Waals surface area contributed by atoms with Crippen LogP contribution in [0.15, 0.2) is 41.6 Å². The molecule has 5 rings (SSSR count). The number of anilines is 1. The zero-order chi connectivity index (χ0) is 29.3. The van der Waals surface area contributed by atoms with Crippen LogP contribution < -0.4 is 4.90 Å². The third-order valence-electron chi connectivity index (χ3n) is 7.31. The summed E-state index contributed by atoms with van der Waals surface area (Å²) < 4.78 is 40.2. The van der Waals surface area contributed by atoms with Crippen LogP contribution in [0, 0.1) is 0 Å². The quantitative estimate of drug-likeness (QED) is 0.371. The number of carbonyl (C=O) groups is 1. The first-order valence-electron chi connectivity index (χ1n) is 13.1. The minimum absolute atomic E-state index is 0.0557. The molecule has 0 saturated carbocycles. The van der Waals surface area contributed by atoms with E-state index in [0.717, 1.165) is 16.9 Å². The Morgan fingerprint density at radius 2 is 1.71 bits per heavy atom. The molecule has 1 unspecified atom stereocenters. The molecular formula is C27H29Cl2F3N6O2S. The fourth-order valence-electron chi connectivity index (χ4n) is 5.37. The van der Waals surface area contributed by atoms with Crippen LogP contribution in [0.5, 0.6) is 0 Å². The monoisotopic (exact) mass is 628 g/mol. The molecular weight excluding hydrogens is 600 g/mol. The van der Waals surface area contributed by atoms with Crippen molar-refractivity contribution in [2.45, 2.75) is 42.9 Å². The molecule has 2 aliphatic heterocycles. The number of piperazine rings is 1. The predicted molar refractivity (Wildman–Crippen MR) is 153 cm³/mol. The number of β-amino-alcohol motifs (C(OH)–C–C–N with tert-alkyl or cyclic N) is 1. The first-order valence-corrected chi connectivity index (χ1v) is 14.7. The molecule has 0 spiro atoms. The van der Waals surface area contributed by atoms with E-state index in [-0.39, 0.29) is 29.1 Å². The number of aliphatic hydroxyl groups is 1. The highest BCUT2D eigenvalue weighted by Gasteiger charge is 2.31. The summed E-state index contributed by atoms with van der Waals surface area (Å²) >= 11 is 12.5. The lowest BCUT2D eigenvalue weighted by Gasteiger charge is -2.37. The molecule has 2 aliphatic rings. The summed E-state index contributed by atoms with van der Waals surface area (Å²) in [6, 6.07) is 6.08. The van der Waals surface area contributed by atoms with Gasteiger partial charge in [0, 0.05) is 93.3 Å². The van der Waals surface area contributed by atoms with Gasteiger partial charge in [-0.1, -0.05) is 35.3 Å². The van der Waals surface area contributed by atoms with Crippen molar-refractivity contribution in [1.82, 2.24) is 24.6 Å². The molecule has 3 aromatic rings. The van der Waals surface area contributed by atoms with Gasteiger partial charge in [-0.3, -0.25) is 19.4 Å². The van der Waals surface area contributed by atoms with Crippen LogP contribution in [0.4, 0.5) is 18.9 Å². The van der Waals surface area contributed by atoms with Gasteiger partial charge in [0.15, 0.2) is 0 Å². The van der Waals surface area contributed by atoms with Crippen LogP contribution in [0.1, 0.15) is 18.2 Å². The van der Waals surface area contributed by atoms with Crippen molar-refractivity contribution in [3.05, 3.63) is 58.0 Å². The third kappa shape index (κ3) is 7.11. The van der Waals surface area contributed by atoms with Gasteiger partial charge in [0.1, 0.15) is 0 Å². The summed E-state index contributed by atoms with van der Waals surface area (Å²) in [5, 5.41) is 16.8. The molecule has 2 aromatic heterocycles. The lowest BCUT2D eigenvalue weighted by Crippen LogP contribution is -2.49. The summed E-state index contributed by atoms with van der Waals surface area (Å²) in [6.45, 7) is 5.92. The molecule has 0 radical (unpaired) electrons. The van der Waals surface area contributed by atoms with E-state index < -0.39 is 11.6 Å². The third-order valence-corrected chi connectivity index (χ3v) is 8.60. The minimum Gasteiger partial charge on any atom is -0.390 e. The van der Waals surface area contributed by atoms with Gasteiger partial charge in [0.25, 0.3) is 0 Å². The van der Waals surface area contributed by atoms with E-state index in [4.69, 9.17) is 28.3 Å². The summed E-state index contributed by atoms with van der Waals surface area (Å²) in [6.07, 6.45) is 3.01. The lowest BCUT2D eigenvalue weighted by atomic mass is 10.0. The number of benzene rings is 1. The molecule has 1 saturated heterocycles. The van der Waals surface area contributed by atoms with Crippen molar-refractivity contribution in [3.8, 4) is 11.3 Å². The molecule has 220 valence electrons. The van der Waals surface area contributed by atoms with Crippen LogP contribution in [0.2, 0.25) is 10.0 Å². The van der Waals surface area contributed by atoms with Crippen LogP contribution in [0.3, 0.4) is 0 Å². The van der Waals surface area contributed by atoms with E-state index in [1.165, 1.54) is 19.1 Å². The molecule has 4 heterocycles. The van der Waals surface area contributed by atoms with Crippen molar-refractivity contribution in [3.63, 3.8) is 0 Å². The second-order valence-corrected chi connectivity index (χ2v) is 12.1. The average molecular weight is 630 g/mol. The van der Waals surface area contributed by atoms with Gasteiger partial charge in [0.05, 0.1) is 34.1 Å². The zero-order valence-corrected chi connectivity index (χ0v) is 24.6. The van der Waals surface area contributed by atoms with Crippen molar-refractivity contribution in [2.24, 2.45) is 0 Å². The summed E-state index contributed by atoms with van der Waals surface area (Å²) in [5.74, 6) is -0.0557. The maximum absolute atomic E-state index is 12.8. The van der Waals surface area contributed by atoms with E-state index in [1.807, 2.05) is 0 Å². The van der Waals surface area contributed by atoms with Crippen molar-refractivity contribution in [1.29, 1.82) is 0 Å². The highest BCUT2D eigenvalue weighted by Crippen LogP contribution is 2.38. The van der Waals surface area contributed by atoms with Crippen LogP contribution in [-0.4, -0.2) is 86.5 Å². The number of fused-ring (bicyclic) bond motifs is 1. The molecule has 1 N–H and O–H groups in total. The molecule has 8 nitrogen and oxygen atoms in total. The number of aromatic nitrogens is 3. The molecule has 1 atom stereocenters. The summed E-state index contributed by atoms with van der Waals surface area (Å²) in [5.41, 5.74) is -0.542. The zero-order valence-electron chi connectivity index (χ0n) is 22.2. The Bertz CT molecular complexity index is 1380. The smallest absolute Gasteiger partial charge is 0.390 e. The summed E-state index contributed by atoms with van der Waals surface area (Å²) in [4.78, 5) is 22.2. The van der Waals surface area contributed by atoms with E-state index in [9.17, 15) is 23.1 Å². The Kier molecular flexibility index (Phi) is 9.05. The molecule has 1 amide bonds. The van der Waals surface area contributed by atoms with Gasteiger partial charge in [-0.15, -0.1) is 0 Å². The number of rotatable bonds is 7. The fraction of sp³-hybridized carbons (Fsp3) is 0.444.